The number of benzene rings is 1. The average molecular weight is 317 g/mol. The van der Waals surface area contributed by atoms with Crippen LogP contribution in [0.1, 0.15) is 5.56 Å². The number of aromatic nitrogens is 3. The van der Waals surface area contributed by atoms with Crippen molar-refractivity contribution in [2.24, 2.45) is 5.73 Å². The molecule has 0 bridgehead atoms. The number of H-pyrrole nitrogens is 1. The van der Waals surface area contributed by atoms with Crippen LogP contribution in [-0.2, 0) is 6.42 Å². The van der Waals surface area contributed by atoms with E-state index in [0.717, 1.165) is 33.1 Å². The summed E-state index contributed by atoms with van der Waals surface area (Å²) in [5.41, 5.74) is 9.93. The fourth-order valence-electron chi connectivity index (χ4n) is 2.22. The van der Waals surface area contributed by atoms with E-state index in [1.807, 2.05) is 6.07 Å². The van der Waals surface area contributed by atoms with Crippen LogP contribution >= 0.6 is 15.9 Å². The third-order valence-electron chi connectivity index (χ3n) is 3.06. The fourth-order valence-corrected chi connectivity index (χ4v) is 2.76. The molecule has 3 N–H and O–H groups in total. The Labute approximate surface area is 119 Å². The molecule has 2 heterocycles. The molecule has 0 unspecified atom stereocenters. The maximum atomic E-state index is 5.63. The summed E-state index contributed by atoms with van der Waals surface area (Å²) in [7, 11) is 0. The Kier molecular flexibility index (Phi) is 3.31. The number of rotatable bonds is 3. The number of fused-ring (bicyclic) bond motifs is 1. The van der Waals surface area contributed by atoms with Gasteiger partial charge in [0.05, 0.1) is 6.20 Å². The standard InChI is InChI=1S/C14H13BrN4/c15-11-6-9(1-3-16)5-10(7-11)12-2-4-17-14-13(12)8-18-19-14/h2,4-8H,1,3,16H2,(H,17,18,19). The minimum Gasteiger partial charge on any atom is -0.330 e. The molecule has 0 radical (unpaired) electrons. The lowest BCUT2D eigenvalue weighted by Gasteiger charge is -2.07. The van der Waals surface area contributed by atoms with E-state index in [1.165, 1.54) is 5.56 Å². The second-order valence-corrected chi connectivity index (χ2v) is 5.29. The Morgan fingerprint density at radius 3 is 3.00 bits per heavy atom. The lowest BCUT2D eigenvalue weighted by Crippen LogP contribution is -2.02. The predicted molar refractivity (Wildman–Crippen MR) is 79.8 cm³/mol. The van der Waals surface area contributed by atoms with Crippen LogP contribution in [-0.4, -0.2) is 21.7 Å². The first-order valence-electron chi connectivity index (χ1n) is 6.06. The molecule has 96 valence electrons. The first kappa shape index (κ1) is 12.3. The Bertz CT molecular complexity index is 720. The van der Waals surface area contributed by atoms with Crippen molar-refractivity contribution in [1.82, 2.24) is 15.2 Å². The first-order chi connectivity index (χ1) is 9.28. The molecule has 0 aliphatic heterocycles. The summed E-state index contributed by atoms with van der Waals surface area (Å²) in [6.45, 7) is 0.646. The topological polar surface area (TPSA) is 67.6 Å². The summed E-state index contributed by atoms with van der Waals surface area (Å²) in [6, 6.07) is 8.37. The van der Waals surface area contributed by atoms with Gasteiger partial charge in [-0.2, -0.15) is 5.10 Å². The van der Waals surface area contributed by atoms with Crippen LogP contribution in [0.5, 0.6) is 0 Å². The zero-order chi connectivity index (χ0) is 13.2. The van der Waals surface area contributed by atoms with Crippen LogP contribution in [0.15, 0.2) is 41.1 Å². The number of aromatic amines is 1. The van der Waals surface area contributed by atoms with E-state index >= 15 is 0 Å². The molecule has 0 fully saturated rings. The van der Waals surface area contributed by atoms with Gasteiger partial charge in [-0.05, 0) is 47.9 Å². The Morgan fingerprint density at radius 1 is 1.26 bits per heavy atom. The van der Waals surface area contributed by atoms with Crippen LogP contribution in [0, 0.1) is 0 Å². The molecule has 19 heavy (non-hydrogen) atoms. The van der Waals surface area contributed by atoms with Gasteiger partial charge in [-0.3, -0.25) is 5.10 Å². The summed E-state index contributed by atoms with van der Waals surface area (Å²) in [6.07, 6.45) is 4.46. The fraction of sp³-hybridized carbons (Fsp3) is 0.143. The normalized spacial score (nSPS) is 11.1. The number of nitrogens with one attached hydrogen (secondary N) is 1. The maximum Gasteiger partial charge on any atom is 0.155 e. The molecule has 0 aliphatic rings. The molecule has 3 aromatic rings. The highest BCUT2D eigenvalue weighted by molar-refractivity contribution is 9.10. The quantitative estimate of drug-likeness (QED) is 0.780. The molecule has 0 saturated carbocycles. The summed E-state index contributed by atoms with van der Waals surface area (Å²) in [5.74, 6) is 0. The molecular formula is C14H13BrN4. The second-order valence-electron chi connectivity index (χ2n) is 4.38. The number of nitrogens with zero attached hydrogens (tertiary/aromatic N) is 2. The van der Waals surface area contributed by atoms with Gasteiger partial charge in [-0.15, -0.1) is 0 Å². The molecule has 0 spiro atoms. The van der Waals surface area contributed by atoms with Gasteiger partial charge in [0.25, 0.3) is 0 Å². The SMILES string of the molecule is NCCc1cc(Br)cc(-c2ccnc3[nH]ncc23)c1. The van der Waals surface area contributed by atoms with E-state index in [1.54, 1.807) is 12.4 Å². The summed E-state index contributed by atoms with van der Waals surface area (Å²) in [5, 5.41) is 7.97. The van der Waals surface area contributed by atoms with Crippen LogP contribution in [0.25, 0.3) is 22.2 Å². The lowest BCUT2D eigenvalue weighted by molar-refractivity contribution is 0.968. The summed E-state index contributed by atoms with van der Waals surface area (Å²) < 4.78 is 1.06. The molecule has 5 heteroatoms. The predicted octanol–water partition coefficient (Wildman–Crippen LogP) is 2.89. The molecule has 1 aromatic carbocycles. The van der Waals surface area contributed by atoms with Gasteiger partial charge in [0, 0.05) is 16.1 Å². The van der Waals surface area contributed by atoms with Gasteiger partial charge in [-0.25, -0.2) is 4.98 Å². The van der Waals surface area contributed by atoms with Crippen LogP contribution in [0.2, 0.25) is 0 Å². The number of halogens is 1. The van der Waals surface area contributed by atoms with Crippen molar-refractivity contribution in [3.63, 3.8) is 0 Å². The zero-order valence-corrected chi connectivity index (χ0v) is 11.8. The molecule has 4 nitrogen and oxygen atoms in total. The minimum absolute atomic E-state index is 0.646. The molecule has 0 atom stereocenters. The smallest absolute Gasteiger partial charge is 0.155 e. The van der Waals surface area contributed by atoms with E-state index in [2.05, 4.69) is 49.3 Å². The van der Waals surface area contributed by atoms with Crippen molar-refractivity contribution in [3.8, 4) is 11.1 Å². The van der Waals surface area contributed by atoms with Crippen molar-refractivity contribution in [2.75, 3.05) is 6.54 Å². The largest absolute Gasteiger partial charge is 0.330 e. The highest BCUT2D eigenvalue weighted by Gasteiger charge is 2.08. The monoisotopic (exact) mass is 316 g/mol. The highest BCUT2D eigenvalue weighted by Crippen LogP contribution is 2.29. The number of pyridine rings is 1. The molecular weight excluding hydrogens is 304 g/mol. The molecule has 0 aliphatic carbocycles. The summed E-state index contributed by atoms with van der Waals surface area (Å²) in [4.78, 5) is 4.26. The van der Waals surface area contributed by atoms with Crippen LogP contribution in [0.3, 0.4) is 0 Å². The van der Waals surface area contributed by atoms with Gasteiger partial charge in [0.2, 0.25) is 0 Å². The number of hydrogen-bond donors (Lipinski definition) is 2. The van der Waals surface area contributed by atoms with Gasteiger partial charge in [0.1, 0.15) is 0 Å². The number of nitrogens with two attached hydrogens (primary N) is 1. The second kappa shape index (κ2) is 5.11. The zero-order valence-electron chi connectivity index (χ0n) is 10.2. The van der Waals surface area contributed by atoms with Crippen molar-refractivity contribution < 1.29 is 0 Å². The Hall–Kier alpha value is -1.72. The van der Waals surface area contributed by atoms with Gasteiger partial charge in [-0.1, -0.05) is 22.0 Å². The van der Waals surface area contributed by atoms with Gasteiger partial charge in [0.15, 0.2) is 5.65 Å². The molecule has 3 rings (SSSR count). The minimum atomic E-state index is 0.646. The van der Waals surface area contributed by atoms with Crippen molar-refractivity contribution in [1.29, 1.82) is 0 Å². The van der Waals surface area contributed by atoms with Crippen LogP contribution in [0.4, 0.5) is 0 Å². The van der Waals surface area contributed by atoms with Gasteiger partial charge < -0.3 is 5.73 Å². The highest BCUT2D eigenvalue weighted by atomic mass is 79.9. The first-order valence-corrected chi connectivity index (χ1v) is 6.85. The number of hydrogen-bond acceptors (Lipinski definition) is 3. The van der Waals surface area contributed by atoms with Crippen molar-refractivity contribution in [2.45, 2.75) is 6.42 Å². The van der Waals surface area contributed by atoms with Crippen molar-refractivity contribution in [3.05, 3.63) is 46.7 Å². The lowest BCUT2D eigenvalue weighted by atomic mass is 10.0. The Morgan fingerprint density at radius 2 is 2.16 bits per heavy atom. The van der Waals surface area contributed by atoms with Crippen molar-refractivity contribution >= 4 is 27.0 Å². The Balaban J connectivity index is 2.18. The van der Waals surface area contributed by atoms with E-state index < -0.39 is 0 Å². The molecule has 0 amide bonds. The van der Waals surface area contributed by atoms with E-state index in [-0.39, 0.29) is 0 Å². The summed E-state index contributed by atoms with van der Waals surface area (Å²) >= 11 is 3.56. The van der Waals surface area contributed by atoms with E-state index in [9.17, 15) is 0 Å². The third kappa shape index (κ3) is 2.39. The third-order valence-corrected chi connectivity index (χ3v) is 3.51. The molecule has 0 saturated heterocycles. The van der Waals surface area contributed by atoms with E-state index in [0.29, 0.717) is 6.54 Å². The van der Waals surface area contributed by atoms with E-state index in [4.69, 9.17) is 5.73 Å². The average Bonchev–Trinajstić information content (AvgIpc) is 2.86. The van der Waals surface area contributed by atoms with Gasteiger partial charge >= 0.3 is 0 Å². The maximum absolute atomic E-state index is 5.63. The molecule has 2 aromatic heterocycles. The van der Waals surface area contributed by atoms with Crippen LogP contribution < -0.4 is 5.73 Å².